The lowest BCUT2D eigenvalue weighted by Gasteiger charge is -2.27. The average molecular weight is 454 g/mol. The fourth-order valence-electron chi connectivity index (χ4n) is 4.11. The van der Waals surface area contributed by atoms with Crippen LogP contribution in [0.2, 0.25) is 0 Å². The number of likely N-dealkylation sites (tertiary alicyclic amines) is 1. The average Bonchev–Trinajstić information content (AvgIpc) is 3.13. The summed E-state index contributed by atoms with van der Waals surface area (Å²) in [6.45, 7) is 5.85. The van der Waals surface area contributed by atoms with Gasteiger partial charge >= 0.3 is 0 Å². The van der Waals surface area contributed by atoms with Crippen LogP contribution in [0.3, 0.4) is 0 Å². The Balaban J connectivity index is 1.22. The third kappa shape index (κ3) is 6.79. The SMILES string of the molecule is Cc1ccn(CCOc2ccc(CN3CCC[C@@](O)(COc4ccccc4F)CC3)cc2)n1. The van der Waals surface area contributed by atoms with Gasteiger partial charge in [-0.2, -0.15) is 5.10 Å². The Bertz CT molecular complexity index is 1020. The van der Waals surface area contributed by atoms with E-state index in [2.05, 4.69) is 22.1 Å². The summed E-state index contributed by atoms with van der Waals surface area (Å²) in [5, 5.41) is 15.4. The van der Waals surface area contributed by atoms with Crippen LogP contribution in [0.1, 0.15) is 30.5 Å². The fourth-order valence-corrected chi connectivity index (χ4v) is 4.11. The number of hydrogen-bond acceptors (Lipinski definition) is 5. The molecule has 0 bridgehead atoms. The van der Waals surface area contributed by atoms with Crippen molar-refractivity contribution in [2.75, 3.05) is 26.3 Å². The molecule has 1 aliphatic rings. The second-order valence-corrected chi connectivity index (χ2v) is 8.79. The molecular formula is C26H32FN3O3. The molecule has 3 aromatic rings. The predicted molar refractivity (Wildman–Crippen MR) is 125 cm³/mol. The highest BCUT2D eigenvalue weighted by molar-refractivity contribution is 5.27. The number of hydrogen-bond donors (Lipinski definition) is 1. The molecule has 2 heterocycles. The summed E-state index contributed by atoms with van der Waals surface area (Å²) in [5.41, 5.74) is 1.27. The molecule has 0 amide bonds. The number of nitrogens with zero attached hydrogens (tertiary/aromatic N) is 3. The molecule has 7 heteroatoms. The molecule has 0 radical (unpaired) electrons. The van der Waals surface area contributed by atoms with Crippen LogP contribution in [0.25, 0.3) is 0 Å². The molecule has 2 aromatic carbocycles. The van der Waals surface area contributed by atoms with Gasteiger partial charge in [0.1, 0.15) is 19.0 Å². The van der Waals surface area contributed by atoms with E-state index in [0.717, 1.165) is 37.5 Å². The van der Waals surface area contributed by atoms with Crippen molar-refractivity contribution in [3.63, 3.8) is 0 Å². The zero-order valence-corrected chi connectivity index (χ0v) is 19.1. The van der Waals surface area contributed by atoms with Crippen molar-refractivity contribution < 1.29 is 19.0 Å². The number of aromatic nitrogens is 2. The standard InChI is InChI=1S/C26H32FN3O3/c1-21-11-15-30(28-21)17-18-32-23-9-7-22(8-10-23)19-29-14-4-12-26(31,13-16-29)20-33-25-6-3-2-5-24(25)27/h2-3,5-11,15,31H,4,12-14,16-20H2,1H3/t26-/m0/s1. The van der Waals surface area contributed by atoms with Gasteiger partial charge in [0, 0.05) is 19.3 Å². The van der Waals surface area contributed by atoms with E-state index in [-0.39, 0.29) is 12.4 Å². The largest absolute Gasteiger partial charge is 0.492 e. The minimum atomic E-state index is -0.943. The van der Waals surface area contributed by atoms with Crippen molar-refractivity contribution in [2.24, 2.45) is 0 Å². The first-order chi connectivity index (χ1) is 16.0. The maximum Gasteiger partial charge on any atom is 0.165 e. The zero-order valence-electron chi connectivity index (χ0n) is 19.1. The van der Waals surface area contributed by atoms with E-state index in [1.807, 2.05) is 36.0 Å². The maximum absolute atomic E-state index is 13.8. The Kier molecular flexibility index (Phi) is 7.62. The molecule has 1 fully saturated rings. The maximum atomic E-state index is 13.8. The number of ether oxygens (including phenoxy) is 2. The summed E-state index contributed by atoms with van der Waals surface area (Å²) in [4.78, 5) is 2.34. The Morgan fingerprint density at radius 3 is 2.61 bits per heavy atom. The van der Waals surface area contributed by atoms with Gasteiger partial charge in [0.25, 0.3) is 0 Å². The van der Waals surface area contributed by atoms with Gasteiger partial charge in [0.2, 0.25) is 0 Å². The molecule has 0 aliphatic carbocycles. The fraction of sp³-hybridized carbons (Fsp3) is 0.423. The molecule has 0 saturated carbocycles. The molecule has 176 valence electrons. The molecule has 1 N–H and O–H groups in total. The van der Waals surface area contributed by atoms with Crippen LogP contribution in [0.4, 0.5) is 4.39 Å². The first-order valence-corrected chi connectivity index (χ1v) is 11.5. The van der Waals surface area contributed by atoms with Crippen LogP contribution in [0, 0.1) is 12.7 Å². The minimum absolute atomic E-state index is 0.103. The van der Waals surface area contributed by atoms with Crippen LogP contribution in [0.5, 0.6) is 11.5 Å². The molecule has 0 spiro atoms. The van der Waals surface area contributed by atoms with E-state index in [1.165, 1.54) is 11.6 Å². The molecule has 1 aliphatic heterocycles. The number of benzene rings is 2. The first kappa shape index (κ1) is 23.3. The number of aryl methyl sites for hydroxylation is 1. The van der Waals surface area contributed by atoms with Gasteiger partial charge in [-0.3, -0.25) is 9.58 Å². The molecule has 1 aromatic heterocycles. The van der Waals surface area contributed by atoms with Gasteiger partial charge in [0.05, 0.1) is 17.8 Å². The second kappa shape index (κ2) is 10.8. The van der Waals surface area contributed by atoms with Gasteiger partial charge in [-0.05, 0) is 68.6 Å². The molecule has 33 heavy (non-hydrogen) atoms. The number of aliphatic hydroxyl groups is 1. The Morgan fingerprint density at radius 1 is 1.03 bits per heavy atom. The van der Waals surface area contributed by atoms with Crippen LogP contribution in [0.15, 0.2) is 60.8 Å². The molecule has 6 nitrogen and oxygen atoms in total. The predicted octanol–water partition coefficient (Wildman–Crippen LogP) is 4.21. The highest BCUT2D eigenvalue weighted by atomic mass is 19.1. The van der Waals surface area contributed by atoms with E-state index >= 15 is 0 Å². The topological polar surface area (TPSA) is 59.8 Å². The van der Waals surface area contributed by atoms with Crippen LogP contribution >= 0.6 is 0 Å². The van der Waals surface area contributed by atoms with E-state index in [1.54, 1.807) is 18.2 Å². The highest BCUT2D eigenvalue weighted by Crippen LogP contribution is 2.26. The van der Waals surface area contributed by atoms with E-state index < -0.39 is 11.4 Å². The first-order valence-electron chi connectivity index (χ1n) is 11.5. The van der Waals surface area contributed by atoms with E-state index in [0.29, 0.717) is 26.0 Å². The van der Waals surface area contributed by atoms with Crippen molar-refractivity contribution in [2.45, 2.75) is 44.9 Å². The quantitative estimate of drug-likeness (QED) is 0.526. The highest BCUT2D eigenvalue weighted by Gasteiger charge is 2.31. The summed E-state index contributed by atoms with van der Waals surface area (Å²) in [6.07, 6.45) is 4.05. The lowest BCUT2D eigenvalue weighted by atomic mass is 9.96. The van der Waals surface area contributed by atoms with Gasteiger partial charge in [-0.1, -0.05) is 24.3 Å². The summed E-state index contributed by atoms with van der Waals surface area (Å²) in [5.74, 6) is 0.632. The summed E-state index contributed by atoms with van der Waals surface area (Å²) in [6, 6.07) is 16.5. The third-order valence-electron chi connectivity index (χ3n) is 6.04. The summed E-state index contributed by atoms with van der Waals surface area (Å²) >= 11 is 0. The lowest BCUT2D eigenvalue weighted by Crippen LogP contribution is -2.37. The molecule has 4 rings (SSSR count). The number of halogens is 1. The third-order valence-corrected chi connectivity index (χ3v) is 6.04. The van der Waals surface area contributed by atoms with Crippen LogP contribution in [-0.4, -0.2) is 51.7 Å². The monoisotopic (exact) mass is 453 g/mol. The molecule has 1 atom stereocenters. The van der Waals surface area contributed by atoms with E-state index in [9.17, 15) is 9.50 Å². The van der Waals surface area contributed by atoms with Crippen molar-refractivity contribution in [3.05, 3.63) is 77.9 Å². The Labute approximate surface area is 194 Å². The normalized spacial score (nSPS) is 19.2. The van der Waals surface area contributed by atoms with Gasteiger partial charge < -0.3 is 14.6 Å². The van der Waals surface area contributed by atoms with Crippen LogP contribution in [-0.2, 0) is 13.1 Å². The summed E-state index contributed by atoms with van der Waals surface area (Å²) in [7, 11) is 0. The van der Waals surface area contributed by atoms with Crippen LogP contribution < -0.4 is 9.47 Å². The Hall–Kier alpha value is -2.90. The second-order valence-electron chi connectivity index (χ2n) is 8.79. The minimum Gasteiger partial charge on any atom is -0.492 e. The van der Waals surface area contributed by atoms with Crippen molar-refractivity contribution >= 4 is 0 Å². The molecule has 0 unspecified atom stereocenters. The van der Waals surface area contributed by atoms with E-state index in [4.69, 9.17) is 9.47 Å². The number of rotatable bonds is 9. The zero-order chi connectivity index (χ0) is 23.1. The number of para-hydroxylation sites is 1. The summed E-state index contributed by atoms with van der Waals surface area (Å²) < 4.78 is 27.1. The molecular weight excluding hydrogens is 421 g/mol. The molecule has 1 saturated heterocycles. The van der Waals surface area contributed by atoms with Gasteiger partial charge in [-0.15, -0.1) is 0 Å². The van der Waals surface area contributed by atoms with Crippen molar-refractivity contribution in [1.29, 1.82) is 0 Å². The van der Waals surface area contributed by atoms with Gasteiger partial charge in [0.15, 0.2) is 11.6 Å². The van der Waals surface area contributed by atoms with Crippen molar-refractivity contribution in [3.8, 4) is 11.5 Å². The lowest BCUT2D eigenvalue weighted by molar-refractivity contribution is -0.0177. The smallest absolute Gasteiger partial charge is 0.165 e. The van der Waals surface area contributed by atoms with Crippen molar-refractivity contribution in [1.82, 2.24) is 14.7 Å². The van der Waals surface area contributed by atoms with Gasteiger partial charge in [-0.25, -0.2) is 4.39 Å². The Morgan fingerprint density at radius 2 is 1.85 bits per heavy atom.